The molecule has 0 atom stereocenters. The largest absolute Gasteiger partial charge is 0.313 e. The number of hydrogen-bond acceptors (Lipinski definition) is 4. The van der Waals surface area contributed by atoms with Crippen molar-refractivity contribution in [1.29, 1.82) is 0 Å². The highest BCUT2D eigenvalue weighted by Gasteiger charge is 2.07. The summed E-state index contributed by atoms with van der Waals surface area (Å²) in [4.78, 5) is 5.70. The lowest BCUT2D eigenvalue weighted by Crippen LogP contribution is -2.12. The van der Waals surface area contributed by atoms with Crippen molar-refractivity contribution >= 4 is 34.7 Å². The summed E-state index contributed by atoms with van der Waals surface area (Å²) in [5, 5.41) is 6.19. The average Bonchev–Trinajstić information content (AvgIpc) is 2.75. The van der Waals surface area contributed by atoms with Gasteiger partial charge in [-0.1, -0.05) is 30.3 Å². The third-order valence-electron chi connectivity index (χ3n) is 2.38. The van der Waals surface area contributed by atoms with E-state index in [-0.39, 0.29) is 0 Å². The first-order valence-corrected chi connectivity index (χ1v) is 7.85. The molecule has 0 saturated heterocycles. The van der Waals surface area contributed by atoms with Gasteiger partial charge < -0.3 is 5.32 Å². The molecule has 2 nitrogen and oxygen atoms in total. The van der Waals surface area contributed by atoms with Crippen LogP contribution in [0.5, 0.6) is 0 Å². The third kappa shape index (κ3) is 3.72. The summed E-state index contributed by atoms with van der Waals surface area (Å²) in [6.45, 7) is 5.90. The average molecular weight is 299 g/mol. The molecule has 0 aliphatic rings. The molecule has 0 aliphatic carbocycles. The predicted octanol–water partition coefficient (Wildman–Crippen LogP) is 4.37. The van der Waals surface area contributed by atoms with E-state index in [1.807, 2.05) is 19.1 Å². The summed E-state index contributed by atoms with van der Waals surface area (Å²) in [5.41, 5.74) is 2.30. The van der Waals surface area contributed by atoms with E-state index in [1.165, 1.54) is 10.5 Å². The fraction of sp³-hybridized carbons (Fsp3) is 0.308. The van der Waals surface area contributed by atoms with E-state index >= 15 is 0 Å². The molecule has 0 bridgehead atoms. The van der Waals surface area contributed by atoms with Crippen LogP contribution in [0, 0.1) is 6.92 Å². The molecule has 0 aliphatic heterocycles. The minimum absolute atomic E-state index is 0.780. The summed E-state index contributed by atoms with van der Waals surface area (Å²) in [6.07, 6.45) is 0. The monoisotopic (exact) mass is 298 g/mol. The summed E-state index contributed by atoms with van der Waals surface area (Å²) >= 11 is 9.44. The van der Waals surface area contributed by atoms with Crippen LogP contribution in [0.2, 0.25) is 5.02 Å². The molecule has 1 heterocycles. The number of halogens is 1. The molecule has 0 fully saturated rings. The van der Waals surface area contributed by atoms with Crippen LogP contribution in [0.25, 0.3) is 0 Å². The number of aryl methyl sites for hydroxylation is 1. The Hall–Kier alpha value is -0.550. The van der Waals surface area contributed by atoms with Crippen LogP contribution in [0.4, 0.5) is 0 Å². The number of hydrogen-bond donors (Lipinski definition) is 1. The fourth-order valence-corrected chi connectivity index (χ4v) is 3.62. The summed E-state index contributed by atoms with van der Waals surface area (Å²) in [7, 11) is 0. The van der Waals surface area contributed by atoms with Crippen LogP contribution in [-0.2, 0) is 6.54 Å². The van der Waals surface area contributed by atoms with Gasteiger partial charge in [-0.15, -0.1) is 11.3 Å². The molecular weight excluding hydrogens is 284 g/mol. The van der Waals surface area contributed by atoms with Crippen molar-refractivity contribution in [2.24, 2.45) is 0 Å². The zero-order valence-corrected chi connectivity index (χ0v) is 12.8. The van der Waals surface area contributed by atoms with E-state index in [0.29, 0.717) is 0 Å². The Kier molecular flexibility index (Phi) is 5.06. The maximum Gasteiger partial charge on any atom is 0.154 e. The van der Waals surface area contributed by atoms with Crippen molar-refractivity contribution in [2.75, 3.05) is 6.54 Å². The van der Waals surface area contributed by atoms with Crippen LogP contribution in [0.1, 0.15) is 18.2 Å². The van der Waals surface area contributed by atoms with E-state index in [9.17, 15) is 0 Å². The van der Waals surface area contributed by atoms with Crippen LogP contribution >= 0.6 is 34.7 Å². The van der Waals surface area contributed by atoms with Crippen LogP contribution in [0.15, 0.2) is 32.8 Å². The van der Waals surface area contributed by atoms with Gasteiger partial charge in [-0.25, -0.2) is 4.98 Å². The quantitative estimate of drug-likeness (QED) is 0.887. The second-order valence-electron chi connectivity index (χ2n) is 3.89. The first kappa shape index (κ1) is 13.9. The maximum absolute atomic E-state index is 6.05. The van der Waals surface area contributed by atoms with Crippen molar-refractivity contribution in [3.05, 3.63) is 39.9 Å². The molecule has 2 rings (SSSR count). The molecule has 0 saturated carbocycles. The second kappa shape index (κ2) is 6.57. The highest BCUT2D eigenvalue weighted by molar-refractivity contribution is 8.01. The Morgan fingerprint density at radius 1 is 1.44 bits per heavy atom. The van der Waals surface area contributed by atoms with Gasteiger partial charge in [0.1, 0.15) is 0 Å². The Morgan fingerprint density at radius 2 is 2.28 bits per heavy atom. The molecule has 1 aromatic heterocycles. The van der Waals surface area contributed by atoms with Crippen LogP contribution in [0.3, 0.4) is 0 Å². The molecule has 18 heavy (non-hydrogen) atoms. The molecule has 0 unspecified atom stereocenters. The molecule has 0 amide bonds. The second-order valence-corrected chi connectivity index (χ2v) is 6.47. The first-order chi connectivity index (χ1) is 8.69. The summed E-state index contributed by atoms with van der Waals surface area (Å²) in [6, 6.07) is 6.02. The highest BCUT2D eigenvalue weighted by atomic mass is 35.5. The van der Waals surface area contributed by atoms with E-state index in [1.54, 1.807) is 23.1 Å². The minimum atomic E-state index is 0.780. The molecule has 1 N–H and O–H groups in total. The zero-order chi connectivity index (χ0) is 13.0. The lowest BCUT2D eigenvalue weighted by molar-refractivity contribution is 0.718. The first-order valence-electron chi connectivity index (χ1n) is 5.78. The standard InChI is InChI=1S/C13H15ClN2S2/c1-3-15-7-10-6-11(14)4-5-12(10)18-13-16-9(2)8-17-13/h4-6,8,15H,3,7H2,1-2H3. The smallest absolute Gasteiger partial charge is 0.154 e. The predicted molar refractivity (Wildman–Crippen MR) is 79.8 cm³/mol. The number of rotatable bonds is 5. The van der Waals surface area contributed by atoms with Gasteiger partial charge in [0, 0.05) is 27.5 Å². The van der Waals surface area contributed by atoms with Gasteiger partial charge >= 0.3 is 0 Å². The van der Waals surface area contributed by atoms with Crippen molar-refractivity contribution in [2.45, 2.75) is 29.6 Å². The van der Waals surface area contributed by atoms with Gasteiger partial charge in [-0.2, -0.15) is 0 Å². The van der Waals surface area contributed by atoms with E-state index in [2.05, 4.69) is 28.7 Å². The Morgan fingerprint density at radius 3 is 2.94 bits per heavy atom. The maximum atomic E-state index is 6.05. The number of aromatic nitrogens is 1. The molecule has 2 aromatic rings. The van der Waals surface area contributed by atoms with Crippen molar-refractivity contribution in [3.63, 3.8) is 0 Å². The Balaban J connectivity index is 2.20. The third-order valence-corrected chi connectivity index (χ3v) is 4.79. The lowest BCUT2D eigenvalue weighted by atomic mass is 10.2. The van der Waals surface area contributed by atoms with Crippen LogP contribution < -0.4 is 5.32 Å². The van der Waals surface area contributed by atoms with Crippen molar-refractivity contribution in [1.82, 2.24) is 10.3 Å². The van der Waals surface area contributed by atoms with Gasteiger partial charge in [0.2, 0.25) is 0 Å². The van der Waals surface area contributed by atoms with Crippen LogP contribution in [-0.4, -0.2) is 11.5 Å². The van der Waals surface area contributed by atoms with Gasteiger partial charge in [0.15, 0.2) is 4.34 Å². The van der Waals surface area contributed by atoms with E-state index in [0.717, 1.165) is 28.1 Å². The minimum Gasteiger partial charge on any atom is -0.313 e. The highest BCUT2D eigenvalue weighted by Crippen LogP contribution is 2.33. The molecule has 96 valence electrons. The lowest BCUT2D eigenvalue weighted by Gasteiger charge is -2.08. The molecule has 0 radical (unpaired) electrons. The van der Waals surface area contributed by atoms with Crippen molar-refractivity contribution in [3.8, 4) is 0 Å². The van der Waals surface area contributed by atoms with Gasteiger partial charge in [-0.3, -0.25) is 0 Å². The van der Waals surface area contributed by atoms with Gasteiger partial charge in [0.05, 0.1) is 0 Å². The summed E-state index contributed by atoms with van der Waals surface area (Å²) in [5.74, 6) is 0. The topological polar surface area (TPSA) is 24.9 Å². The normalized spacial score (nSPS) is 10.8. The number of benzene rings is 1. The van der Waals surface area contributed by atoms with E-state index < -0.39 is 0 Å². The summed E-state index contributed by atoms with van der Waals surface area (Å²) < 4.78 is 1.08. The molecule has 0 spiro atoms. The number of nitrogens with zero attached hydrogens (tertiary/aromatic N) is 1. The Labute approximate surface area is 121 Å². The van der Waals surface area contributed by atoms with Gasteiger partial charge in [0.25, 0.3) is 0 Å². The number of thiazole rings is 1. The molecule has 1 aromatic carbocycles. The van der Waals surface area contributed by atoms with Gasteiger partial charge in [-0.05, 0) is 37.2 Å². The Bertz CT molecular complexity index is 525. The molecule has 5 heteroatoms. The molecular formula is C13H15ClN2S2. The number of nitrogens with one attached hydrogen (secondary N) is 1. The SMILES string of the molecule is CCNCc1cc(Cl)ccc1Sc1nc(C)cs1. The van der Waals surface area contributed by atoms with E-state index in [4.69, 9.17) is 11.6 Å². The zero-order valence-electron chi connectivity index (χ0n) is 10.4. The van der Waals surface area contributed by atoms with Crippen molar-refractivity contribution < 1.29 is 0 Å². The fourth-order valence-electron chi connectivity index (χ4n) is 1.52.